The van der Waals surface area contributed by atoms with Crippen molar-refractivity contribution in [3.8, 4) is 0 Å². The van der Waals surface area contributed by atoms with Crippen LogP contribution in [0, 0.1) is 0 Å². The minimum absolute atomic E-state index is 0.430. The molecule has 0 atom stereocenters. The average Bonchev–Trinajstić information content (AvgIpc) is 2.47. The molecule has 1 fully saturated rings. The molecule has 1 aliphatic heterocycles. The van der Waals surface area contributed by atoms with Gasteiger partial charge in [-0.1, -0.05) is 6.92 Å². The van der Waals surface area contributed by atoms with Gasteiger partial charge in [-0.2, -0.15) is 9.78 Å². The predicted molar refractivity (Wildman–Crippen MR) is 28.9 cm³/mol. The minimum Gasteiger partial charge on any atom is -0.450 e. The van der Waals surface area contributed by atoms with Crippen molar-refractivity contribution in [3.05, 3.63) is 0 Å². The van der Waals surface area contributed by atoms with Gasteiger partial charge in [-0.25, -0.2) is 4.79 Å². The van der Waals surface area contributed by atoms with E-state index in [1.807, 2.05) is 6.92 Å². The highest BCUT2D eigenvalue weighted by Crippen LogP contribution is 2.35. The molecule has 0 aromatic rings. The first-order valence-electron chi connectivity index (χ1n) is 2.97. The molecule has 1 saturated heterocycles. The van der Waals surface area contributed by atoms with Crippen molar-refractivity contribution in [1.29, 1.82) is 0 Å². The van der Waals surface area contributed by atoms with Crippen LogP contribution >= 0.6 is 0 Å². The minimum atomic E-state index is -1.38. The Balaban J connectivity index is 2.30. The number of rotatable bonds is 3. The summed E-state index contributed by atoms with van der Waals surface area (Å²) < 4.78 is 4.26. The second-order valence-corrected chi connectivity index (χ2v) is 1.97. The Labute approximate surface area is 57.4 Å². The van der Waals surface area contributed by atoms with Gasteiger partial charge in [-0.05, 0) is 6.42 Å². The van der Waals surface area contributed by atoms with Gasteiger partial charge >= 0.3 is 12.1 Å². The van der Waals surface area contributed by atoms with E-state index in [2.05, 4.69) is 14.5 Å². The van der Waals surface area contributed by atoms with Gasteiger partial charge in [0.2, 0.25) is 0 Å². The molecule has 0 saturated carbocycles. The summed E-state index contributed by atoms with van der Waals surface area (Å²) in [5, 5.41) is 8.13. The third kappa shape index (κ3) is 1.58. The standard InChI is InChI=1S/C5H8O5/c1-2-3-5(9-10-5)8-4(6)7/h2-3H2,1H3,(H,6,7). The third-order valence-corrected chi connectivity index (χ3v) is 1.07. The summed E-state index contributed by atoms with van der Waals surface area (Å²) in [4.78, 5) is 18.6. The van der Waals surface area contributed by atoms with Crippen molar-refractivity contribution in [2.75, 3.05) is 0 Å². The maximum atomic E-state index is 9.95. The van der Waals surface area contributed by atoms with Gasteiger partial charge in [0.1, 0.15) is 0 Å². The third-order valence-electron chi connectivity index (χ3n) is 1.07. The van der Waals surface area contributed by atoms with Crippen LogP contribution in [0.25, 0.3) is 0 Å². The van der Waals surface area contributed by atoms with Crippen molar-refractivity contribution in [2.45, 2.75) is 25.7 Å². The van der Waals surface area contributed by atoms with Crippen LogP contribution in [0.2, 0.25) is 0 Å². The lowest BCUT2D eigenvalue weighted by atomic mass is 10.3. The topological polar surface area (TPSA) is 71.6 Å². The summed E-state index contributed by atoms with van der Waals surface area (Å²) in [6, 6.07) is 0. The fourth-order valence-corrected chi connectivity index (χ4v) is 0.654. The molecular weight excluding hydrogens is 140 g/mol. The molecule has 1 aliphatic rings. The van der Waals surface area contributed by atoms with Crippen LogP contribution in [0.3, 0.4) is 0 Å². The maximum absolute atomic E-state index is 9.95. The zero-order valence-electron chi connectivity index (χ0n) is 5.49. The first kappa shape index (κ1) is 7.30. The molecule has 0 unspecified atom stereocenters. The van der Waals surface area contributed by atoms with Crippen molar-refractivity contribution in [2.24, 2.45) is 0 Å². The Morgan fingerprint density at radius 2 is 2.30 bits per heavy atom. The van der Waals surface area contributed by atoms with E-state index in [4.69, 9.17) is 5.11 Å². The molecule has 1 rings (SSSR count). The Morgan fingerprint density at radius 3 is 2.60 bits per heavy atom. The summed E-state index contributed by atoms with van der Waals surface area (Å²) in [6.45, 7) is 1.87. The van der Waals surface area contributed by atoms with Crippen LogP contribution in [0.5, 0.6) is 0 Å². The molecule has 58 valence electrons. The van der Waals surface area contributed by atoms with Crippen LogP contribution in [-0.4, -0.2) is 17.2 Å². The zero-order valence-corrected chi connectivity index (χ0v) is 5.49. The molecule has 0 aromatic heterocycles. The van der Waals surface area contributed by atoms with Crippen LogP contribution in [0.1, 0.15) is 19.8 Å². The van der Waals surface area contributed by atoms with Gasteiger partial charge in [0.15, 0.2) is 0 Å². The highest BCUT2D eigenvalue weighted by molar-refractivity contribution is 5.57. The Bertz CT molecular complexity index is 139. The van der Waals surface area contributed by atoms with E-state index < -0.39 is 12.1 Å². The molecule has 1 N–H and O–H groups in total. The fraction of sp³-hybridized carbons (Fsp3) is 0.800. The van der Waals surface area contributed by atoms with E-state index in [9.17, 15) is 4.79 Å². The van der Waals surface area contributed by atoms with E-state index in [-0.39, 0.29) is 0 Å². The molecule has 1 heterocycles. The first-order chi connectivity index (χ1) is 4.68. The Hall–Kier alpha value is -0.810. The lowest BCUT2D eigenvalue weighted by molar-refractivity contribution is -0.0318. The number of hydrogen-bond donors (Lipinski definition) is 1. The highest BCUT2D eigenvalue weighted by Gasteiger charge is 2.53. The summed E-state index contributed by atoms with van der Waals surface area (Å²) in [7, 11) is 0. The van der Waals surface area contributed by atoms with Gasteiger partial charge in [-0.15, -0.1) is 0 Å². The summed E-state index contributed by atoms with van der Waals surface area (Å²) >= 11 is 0. The van der Waals surface area contributed by atoms with Crippen molar-refractivity contribution >= 4 is 6.16 Å². The van der Waals surface area contributed by atoms with Crippen molar-refractivity contribution in [1.82, 2.24) is 0 Å². The number of carbonyl (C=O) groups is 1. The molecule has 0 amide bonds. The smallest absolute Gasteiger partial charge is 0.450 e. The van der Waals surface area contributed by atoms with Crippen LogP contribution in [-0.2, 0) is 14.5 Å². The molecule has 5 nitrogen and oxygen atoms in total. The molecular formula is C5H8O5. The van der Waals surface area contributed by atoms with Gasteiger partial charge in [0.05, 0.1) is 0 Å². The normalized spacial score (nSPS) is 20.1. The number of hydrogen-bond acceptors (Lipinski definition) is 4. The van der Waals surface area contributed by atoms with Crippen LogP contribution in [0.4, 0.5) is 4.79 Å². The summed E-state index contributed by atoms with van der Waals surface area (Å²) in [6.07, 6.45) is -0.210. The average molecular weight is 148 g/mol. The Kier molecular flexibility index (Phi) is 1.78. The van der Waals surface area contributed by atoms with Crippen LogP contribution < -0.4 is 0 Å². The van der Waals surface area contributed by atoms with Gasteiger partial charge < -0.3 is 9.84 Å². The van der Waals surface area contributed by atoms with E-state index >= 15 is 0 Å². The zero-order chi connectivity index (χ0) is 7.61. The summed E-state index contributed by atoms with van der Waals surface area (Å²) in [5.74, 6) is -1.28. The van der Waals surface area contributed by atoms with Gasteiger partial charge in [0.25, 0.3) is 0 Å². The molecule has 0 spiro atoms. The molecule has 10 heavy (non-hydrogen) atoms. The molecule has 5 heteroatoms. The molecule has 0 bridgehead atoms. The van der Waals surface area contributed by atoms with Gasteiger partial charge in [0, 0.05) is 6.42 Å². The monoisotopic (exact) mass is 148 g/mol. The lowest BCUT2D eigenvalue weighted by Crippen LogP contribution is -2.18. The highest BCUT2D eigenvalue weighted by atomic mass is 17.5. The quantitative estimate of drug-likeness (QED) is 0.368. The van der Waals surface area contributed by atoms with E-state index in [1.54, 1.807) is 0 Å². The maximum Gasteiger partial charge on any atom is 0.510 e. The second kappa shape index (κ2) is 2.43. The SMILES string of the molecule is CCCC1(OC(=O)O)OO1. The van der Waals surface area contributed by atoms with E-state index in [1.165, 1.54) is 0 Å². The van der Waals surface area contributed by atoms with Gasteiger partial charge in [-0.3, -0.25) is 0 Å². The van der Waals surface area contributed by atoms with Crippen LogP contribution in [0.15, 0.2) is 0 Å². The summed E-state index contributed by atoms with van der Waals surface area (Å²) in [5.41, 5.74) is 0. The van der Waals surface area contributed by atoms with E-state index in [0.717, 1.165) is 6.42 Å². The largest absolute Gasteiger partial charge is 0.510 e. The number of ether oxygens (including phenoxy) is 1. The fourth-order valence-electron chi connectivity index (χ4n) is 0.654. The van der Waals surface area contributed by atoms with Crippen molar-refractivity contribution < 1.29 is 24.4 Å². The molecule has 0 aliphatic carbocycles. The predicted octanol–water partition coefficient (Wildman–Crippen LogP) is 1.10. The van der Waals surface area contributed by atoms with Crippen molar-refractivity contribution in [3.63, 3.8) is 0 Å². The molecule has 0 aromatic carbocycles. The first-order valence-corrected chi connectivity index (χ1v) is 2.97. The van der Waals surface area contributed by atoms with E-state index in [0.29, 0.717) is 6.42 Å². The second-order valence-electron chi connectivity index (χ2n) is 1.97. The Morgan fingerprint density at radius 1 is 1.70 bits per heavy atom. The lowest BCUT2D eigenvalue weighted by Gasteiger charge is -2.01. The molecule has 0 radical (unpaired) electrons. The number of carboxylic acid groups (broad SMARTS) is 1.